The highest BCUT2D eigenvalue weighted by Gasteiger charge is 2.33. The van der Waals surface area contributed by atoms with Crippen LogP contribution in [0.15, 0.2) is 24.4 Å². The molecule has 170 valence electrons. The van der Waals surface area contributed by atoms with E-state index in [1.807, 2.05) is 4.90 Å². The van der Waals surface area contributed by atoms with Crippen LogP contribution in [0.2, 0.25) is 0 Å². The number of carbonyl (C=O) groups is 3. The molecule has 3 heterocycles. The highest BCUT2D eigenvalue weighted by atomic mass is 19.1. The van der Waals surface area contributed by atoms with Crippen LogP contribution < -0.4 is 20.9 Å². The molecule has 1 unspecified atom stereocenters. The van der Waals surface area contributed by atoms with Gasteiger partial charge in [0.2, 0.25) is 5.91 Å². The summed E-state index contributed by atoms with van der Waals surface area (Å²) in [4.78, 5) is 37.7. The average Bonchev–Trinajstić information content (AvgIpc) is 3.39. The Labute approximate surface area is 183 Å². The lowest BCUT2D eigenvalue weighted by Crippen LogP contribution is -2.35. The second-order valence-corrected chi connectivity index (χ2v) is 7.86. The molecule has 4 rings (SSSR count). The lowest BCUT2D eigenvalue weighted by Gasteiger charge is -2.33. The number of amides is 3. The zero-order valence-electron chi connectivity index (χ0n) is 17.5. The van der Waals surface area contributed by atoms with Crippen molar-refractivity contribution < 1.29 is 23.5 Å². The van der Waals surface area contributed by atoms with E-state index < -0.39 is 23.9 Å². The summed E-state index contributed by atoms with van der Waals surface area (Å²) in [5, 5.41) is 10.3. The van der Waals surface area contributed by atoms with Gasteiger partial charge in [0.15, 0.2) is 5.69 Å². The van der Waals surface area contributed by atoms with Gasteiger partial charge in [0, 0.05) is 20.0 Å². The molecule has 1 aromatic heterocycles. The first-order valence-electron chi connectivity index (χ1n) is 10.3. The first kappa shape index (κ1) is 21.5. The Balaban J connectivity index is 1.38. The highest BCUT2D eigenvalue weighted by molar-refractivity contribution is 5.90. The lowest BCUT2D eigenvalue weighted by molar-refractivity contribution is -0.119. The monoisotopic (exact) mass is 445 g/mol. The summed E-state index contributed by atoms with van der Waals surface area (Å²) in [6.45, 7) is 3.01. The Morgan fingerprint density at radius 1 is 1.31 bits per heavy atom. The van der Waals surface area contributed by atoms with Gasteiger partial charge in [0.1, 0.15) is 11.9 Å². The van der Waals surface area contributed by atoms with E-state index >= 15 is 0 Å². The Bertz CT molecular complexity index is 1030. The van der Waals surface area contributed by atoms with Crippen molar-refractivity contribution in [2.45, 2.75) is 31.9 Å². The van der Waals surface area contributed by atoms with Crippen LogP contribution in [0.5, 0.6) is 0 Å². The SMILES string of the molecule is CC(=O)NCC1CN(c2ccc(N3CCC(n4cc(C(N)=O)nn4)CC3)c(F)c2)C(=O)O1. The molecule has 1 atom stereocenters. The predicted octanol–water partition coefficient (Wildman–Crippen LogP) is 0.819. The van der Waals surface area contributed by atoms with Crippen molar-refractivity contribution in [3.63, 3.8) is 0 Å². The number of cyclic esters (lactones) is 1. The van der Waals surface area contributed by atoms with E-state index in [4.69, 9.17) is 10.5 Å². The molecule has 2 aliphatic rings. The number of primary amides is 1. The smallest absolute Gasteiger partial charge is 0.414 e. The minimum atomic E-state index is -0.626. The molecule has 0 bridgehead atoms. The van der Waals surface area contributed by atoms with Gasteiger partial charge in [-0.05, 0) is 31.0 Å². The molecule has 12 heteroatoms. The minimum Gasteiger partial charge on any atom is -0.442 e. The van der Waals surface area contributed by atoms with Gasteiger partial charge in [0.05, 0.1) is 36.7 Å². The normalized spacial score (nSPS) is 19.2. The predicted molar refractivity (Wildman–Crippen MR) is 112 cm³/mol. The summed E-state index contributed by atoms with van der Waals surface area (Å²) in [5.41, 5.74) is 6.19. The molecule has 3 amide bonds. The Hall–Kier alpha value is -3.70. The molecule has 1 aromatic carbocycles. The Morgan fingerprint density at radius 2 is 2.06 bits per heavy atom. The van der Waals surface area contributed by atoms with Crippen molar-refractivity contribution in [1.29, 1.82) is 0 Å². The fourth-order valence-corrected chi connectivity index (χ4v) is 3.96. The number of aromatic nitrogens is 3. The van der Waals surface area contributed by atoms with E-state index in [9.17, 15) is 18.8 Å². The van der Waals surface area contributed by atoms with E-state index in [2.05, 4.69) is 15.6 Å². The molecule has 0 saturated carbocycles. The van der Waals surface area contributed by atoms with Crippen LogP contribution in [0.25, 0.3) is 0 Å². The van der Waals surface area contributed by atoms with Crippen molar-refractivity contribution in [2.24, 2.45) is 5.73 Å². The molecule has 0 aliphatic carbocycles. The lowest BCUT2D eigenvalue weighted by atomic mass is 10.0. The van der Waals surface area contributed by atoms with Crippen LogP contribution in [-0.2, 0) is 9.53 Å². The zero-order valence-corrected chi connectivity index (χ0v) is 17.5. The number of hydrogen-bond acceptors (Lipinski definition) is 7. The summed E-state index contributed by atoms with van der Waals surface area (Å²) in [5.74, 6) is -1.27. The number of nitrogens with zero attached hydrogens (tertiary/aromatic N) is 5. The molecule has 3 N–H and O–H groups in total. The van der Waals surface area contributed by atoms with Crippen LogP contribution >= 0.6 is 0 Å². The summed E-state index contributed by atoms with van der Waals surface area (Å²) in [7, 11) is 0. The molecule has 2 aromatic rings. The van der Waals surface area contributed by atoms with Crippen molar-refractivity contribution in [3.8, 4) is 0 Å². The van der Waals surface area contributed by atoms with Gasteiger partial charge < -0.3 is 20.7 Å². The number of anilines is 2. The van der Waals surface area contributed by atoms with Crippen LogP contribution in [-0.4, -0.2) is 65.2 Å². The van der Waals surface area contributed by atoms with Crippen LogP contribution in [0, 0.1) is 5.82 Å². The minimum absolute atomic E-state index is 0.0501. The molecule has 0 spiro atoms. The largest absolute Gasteiger partial charge is 0.442 e. The van der Waals surface area contributed by atoms with Gasteiger partial charge in [-0.2, -0.15) is 0 Å². The second-order valence-electron chi connectivity index (χ2n) is 7.86. The van der Waals surface area contributed by atoms with Gasteiger partial charge in [-0.25, -0.2) is 13.9 Å². The van der Waals surface area contributed by atoms with E-state index in [0.29, 0.717) is 37.3 Å². The maximum absolute atomic E-state index is 14.9. The number of benzene rings is 1. The summed E-state index contributed by atoms with van der Waals surface area (Å²) >= 11 is 0. The topological polar surface area (TPSA) is 136 Å². The van der Waals surface area contributed by atoms with E-state index in [1.165, 1.54) is 24.1 Å². The number of carbonyl (C=O) groups excluding carboxylic acids is 3. The number of nitrogens with one attached hydrogen (secondary N) is 1. The quantitative estimate of drug-likeness (QED) is 0.672. The standard InChI is InChI=1S/C20H24FN7O4/c1-12(29)23-9-15-10-27(20(31)32-15)14-2-3-18(16(21)8-14)26-6-4-13(5-7-26)28-11-17(19(22)30)24-25-28/h2-3,8,11,13,15H,4-7,9-10H2,1H3,(H2,22,30)(H,23,29). The summed E-state index contributed by atoms with van der Waals surface area (Å²) < 4.78 is 21.8. The van der Waals surface area contributed by atoms with Gasteiger partial charge in [-0.1, -0.05) is 5.21 Å². The van der Waals surface area contributed by atoms with E-state index in [-0.39, 0.29) is 30.7 Å². The zero-order chi connectivity index (χ0) is 22.8. The third kappa shape index (κ3) is 4.48. The maximum atomic E-state index is 14.9. The third-order valence-corrected chi connectivity index (χ3v) is 5.64. The van der Waals surface area contributed by atoms with E-state index in [1.54, 1.807) is 16.8 Å². The van der Waals surface area contributed by atoms with Crippen LogP contribution in [0.3, 0.4) is 0 Å². The fraction of sp³-hybridized carbons (Fsp3) is 0.450. The van der Waals surface area contributed by atoms with Crippen molar-refractivity contribution in [2.75, 3.05) is 36.0 Å². The molecule has 2 fully saturated rings. The van der Waals surface area contributed by atoms with Gasteiger partial charge >= 0.3 is 6.09 Å². The van der Waals surface area contributed by atoms with Crippen LogP contribution in [0.1, 0.15) is 36.3 Å². The number of halogens is 1. The Morgan fingerprint density at radius 3 is 2.69 bits per heavy atom. The molecular formula is C20H24FN7O4. The molecule has 2 saturated heterocycles. The third-order valence-electron chi connectivity index (χ3n) is 5.64. The number of ether oxygens (including phenoxy) is 1. The molecule has 11 nitrogen and oxygen atoms in total. The number of rotatable bonds is 6. The maximum Gasteiger partial charge on any atom is 0.414 e. The molecule has 2 aliphatic heterocycles. The number of piperidine rings is 1. The highest BCUT2D eigenvalue weighted by Crippen LogP contribution is 2.31. The van der Waals surface area contributed by atoms with Gasteiger partial charge in [0.25, 0.3) is 5.91 Å². The van der Waals surface area contributed by atoms with Crippen molar-refractivity contribution in [1.82, 2.24) is 20.3 Å². The number of nitrogens with two attached hydrogens (primary N) is 1. The summed E-state index contributed by atoms with van der Waals surface area (Å²) in [6, 6.07) is 4.71. The van der Waals surface area contributed by atoms with Gasteiger partial charge in [-0.3, -0.25) is 14.5 Å². The molecule has 0 radical (unpaired) electrons. The fourth-order valence-electron chi connectivity index (χ4n) is 3.96. The molecular weight excluding hydrogens is 421 g/mol. The van der Waals surface area contributed by atoms with E-state index in [0.717, 1.165) is 0 Å². The van der Waals surface area contributed by atoms with Gasteiger partial charge in [-0.15, -0.1) is 5.10 Å². The first-order chi connectivity index (χ1) is 15.3. The second kappa shape index (κ2) is 8.81. The molecule has 32 heavy (non-hydrogen) atoms. The van der Waals surface area contributed by atoms with Crippen molar-refractivity contribution >= 4 is 29.3 Å². The first-order valence-corrected chi connectivity index (χ1v) is 10.3. The number of hydrogen-bond donors (Lipinski definition) is 2. The average molecular weight is 445 g/mol. The Kier molecular flexibility index (Phi) is 5.93. The van der Waals surface area contributed by atoms with Crippen molar-refractivity contribution in [3.05, 3.63) is 35.9 Å². The van der Waals surface area contributed by atoms with Crippen LogP contribution in [0.4, 0.5) is 20.6 Å². The summed E-state index contributed by atoms with van der Waals surface area (Å²) in [6.07, 6.45) is 1.88.